The first-order chi connectivity index (χ1) is 13.0. The van der Waals surface area contributed by atoms with Crippen molar-refractivity contribution >= 4 is 11.8 Å². The molecule has 0 fully saturated rings. The Balaban J connectivity index is 2.06. The van der Waals surface area contributed by atoms with Crippen LogP contribution in [0.5, 0.6) is 0 Å². The van der Waals surface area contributed by atoms with Gasteiger partial charge in [-0.2, -0.15) is 0 Å². The van der Waals surface area contributed by atoms with E-state index in [2.05, 4.69) is 0 Å². The smallest absolute Gasteiger partial charge is 0.249 e. The molecule has 3 rings (SSSR count). The zero-order valence-corrected chi connectivity index (χ0v) is 14.6. The summed E-state index contributed by atoms with van der Waals surface area (Å²) in [6.45, 7) is 0. The Hall–Kier alpha value is -3.47. The van der Waals surface area contributed by atoms with Crippen molar-refractivity contribution in [2.75, 3.05) is 0 Å². The summed E-state index contributed by atoms with van der Waals surface area (Å²) in [7, 11) is 0. The largest absolute Gasteiger partial charge is 0.366 e. The highest BCUT2D eigenvalue weighted by Crippen LogP contribution is 2.31. The lowest BCUT2D eigenvalue weighted by atomic mass is 9.88. The average molecular weight is 362 g/mol. The van der Waals surface area contributed by atoms with E-state index in [-0.39, 0.29) is 16.9 Å². The lowest BCUT2D eigenvalue weighted by Gasteiger charge is -2.15. The molecule has 0 saturated heterocycles. The Kier molecular flexibility index (Phi) is 5.31. The number of aryl methyl sites for hydroxylation is 2. The number of amides is 2. The molecule has 0 aliphatic rings. The van der Waals surface area contributed by atoms with Crippen LogP contribution in [-0.4, -0.2) is 11.8 Å². The van der Waals surface area contributed by atoms with Crippen LogP contribution in [0.2, 0.25) is 0 Å². The molecule has 4 N–H and O–H groups in total. The highest BCUT2D eigenvalue weighted by Gasteiger charge is 2.19. The minimum Gasteiger partial charge on any atom is -0.366 e. The number of carbonyl (C=O) groups is 2. The summed E-state index contributed by atoms with van der Waals surface area (Å²) in [6, 6.07) is 18.6. The van der Waals surface area contributed by atoms with Crippen LogP contribution < -0.4 is 11.5 Å². The van der Waals surface area contributed by atoms with Crippen molar-refractivity contribution in [3.05, 3.63) is 94.8 Å². The predicted molar refractivity (Wildman–Crippen MR) is 103 cm³/mol. The van der Waals surface area contributed by atoms with E-state index in [0.717, 1.165) is 16.7 Å². The molecule has 0 aliphatic carbocycles. The number of benzene rings is 3. The van der Waals surface area contributed by atoms with Crippen LogP contribution in [0.4, 0.5) is 4.39 Å². The lowest BCUT2D eigenvalue weighted by molar-refractivity contribution is 0.0999. The molecule has 0 atom stereocenters. The molecular weight excluding hydrogens is 343 g/mol. The molecule has 0 saturated carbocycles. The van der Waals surface area contributed by atoms with Crippen LogP contribution in [0.1, 0.15) is 31.8 Å². The van der Waals surface area contributed by atoms with Gasteiger partial charge in [0.15, 0.2) is 0 Å². The van der Waals surface area contributed by atoms with E-state index in [9.17, 15) is 14.0 Å². The van der Waals surface area contributed by atoms with Gasteiger partial charge < -0.3 is 11.5 Å². The highest BCUT2D eigenvalue weighted by atomic mass is 19.1. The first-order valence-corrected chi connectivity index (χ1v) is 8.52. The van der Waals surface area contributed by atoms with Gasteiger partial charge in [0.05, 0.1) is 0 Å². The van der Waals surface area contributed by atoms with Gasteiger partial charge in [0.25, 0.3) is 0 Å². The summed E-state index contributed by atoms with van der Waals surface area (Å²) in [5.41, 5.74) is 14.5. The maximum atomic E-state index is 13.4. The van der Waals surface area contributed by atoms with Crippen LogP contribution >= 0.6 is 0 Å². The quantitative estimate of drug-likeness (QED) is 0.703. The van der Waals surface area contributed by atoms with Crippen molar-refractivity contribution in [3.63, 3.8) is 0 Å². The van der Waals surface area contributed by atoms with Crippen LogP contribution in [0.3, 0.4) is 0 Å². The third-order valence-corrected chi connectivity index (χ3v) is 4.45. The van der Waals surface area contributed by atoms with E-state index in [1.54, 1.807) is 24.3 Å². The number of primary amides is 2. The molecule has 2 amide bonds. The maximum Gasteiger partial charge on any atom is 0.249 e. The Morgan fingerprint density at radius 3 is 2.04 bits per heavy atom. The van der Waals surface area contributed by atoms with Gasteiger partial charge in [0, 0.05) is 16.7 Å². The molecule has 136 valence electrons. The molecule has 0 aliphatic heterocycles. The van der Waals surface area contributed by atoms with E-state index in [0.29, 0.717) is 18.4 Å². The monoisotopic (exact) mass is 362 g/mol. The van der Waals surface area contributed by atoms with Gasteiger partial charge in [0.2, 0.25) is 11.8 Å². The van der Waals surface area contributed by atoms with Crippen LogP contribution in [0, 0.1) is 5.82 Å². The van der Waals surface area contributed by atoms with Gasteiger partial charge in [-0.15, -0.1) is 0 Å². The first-order valence-electron chi connectivity index (χ1n) is 8.52. The second-order valence-corrected chi connectivity index (χ2v) is 6.24. The van der Waals surface area contributed by atoms with Gasteiger partial charge >= 0.3 is 0 Å². The molecule has 0 unspecified atom stereocenters. The number of hydrogen-bond donors (Lipinski definition) is 2. The molecule has 0 spiro atoms. The minimum absolute atomic E-state index is 0.240. The Labute approximate surface area is 156 Å². The zero-order valence-electron chi connectivity index (χ0n) is 14.6. The molecule has 3 aromatic rings. The van der Waals surface area contributed by atoms with Gasteiger partial charge in [-0.3, -0.25) is 9.59 Å². The first kappa shape index (κ1) is 18.3. The third kappa shape index (κ3) is 4.03. The lowest BCUT2D eigenvalue weighted by Crippen LogP contribution is -2.18. The van der Waals surface area contributed by atoms with Gasteiger partial charge in [-0.1, -0.05) is 42.5 Å². The summed E-state index contributed by atoms with van der Waals surface area (Å²) in [6.07, 6.45) is 1.21. The van der Waals surface area contributed by atoms with E-state index < -0.39 is 11.8 Å². The fourth-order valence-corrected chi connectivity index (χ4v) is 3.21. The molecule has 0 heterocycles. The van der Waals surface area contributed by atoms with Crippen LogP contribution in [0.25, 0.3) is 11.1 Å². The normalized spacial score (nSPS) is 10.6. The predicted octanol–water partition coefficient (Wildman–Crippen LogP) is 3.48. The number of nitrogens with two attached hydrogens (primary N) is 2. The Morgan fingerprint density at radius 2 is 1.41 bits per heavy atom. The highest BCUT2D eigenvalue weighted by molar-refractivity contribution is 6.08. The Bertz CT molecular complexity index is 982. The van der Waals surface area contributed by atoms with Crippen molar-refractivity contribution < 1.29 is 14.0 Å². The molecule has 0 bridgehead atoms. The van der Waals surface area contributed by atoms with Crippen molar-refractivity contribution in [2.24, 2.45) is 11.5 Å². The number of hydrogen-bond acceptors (Lipinski definition) is 2. The molecular formula is C22H19FN2O2. The van der Waals surface area contributed by atoms with Crippen LogP contribution in [-0.2, 0) is 12.8 Å². The summed E-state index contributed by atoms with van der Waals surface area (Å²) in [4.78, 5) is 23.9. The standard InChI is InChI=1S/C22H19FN2O2/c23-16-7-3-5-14(13-16)11-12-15-6-1-2-8-17(15)20-18(21(24)26)9-4-10-19(20)22(25)27/h1-10,13H,11-12H2,(H2,24,26)(H2,25,27). The summed E-state index contributed by atoms with van der Waals surface area (Å²) >= 11 is 0. The fraction of sp³-hybridized carbons (Fsp3) is 0.0909. The topological polar surface area (TPSA) is 86.2 Å². The van der Waals surface area contributed by atoms with Gasteiger partial charge in [-0.25, -0.2) is 4.39 Å². The van der Waals surface area contributed by atoms with E-state index in [1.807, 2.05) is 30.3 Å². The fourth-order valence-electron chi connectivity index (χ4n) is 3.21. The molecule has 27 heavy (non-hydrogen) atoms. The SMILES string of the molecule is NC(=O)c1cccc(C(N)=O)c1-c1ccccc1CCc1cccc(F)c1. The minimum atomic E-state index is -0.631. The number of rotatable bonds is 6. The van der Waals surface area contributed by atoms with Crippen molar-refractivity contribution in [1.29, 1.82) is 0 Å². The summed E-state index contributed by atoms with van der Waals surface area (Å²) in [5.74, 6) is -1.54. The summed E-state index contributed by atoms with van der Waals surface area (Å²) < 4.78 is 13.4. The third-order valence-electron chi connectivity index (χ3n) is 4.45. The molecule has 4 nitrogen and oxygen atoms in total. The maximum absolute atomic E-state index is 13.4. The molecule has 0 aromatic heterocycles. The van der Waals surface area contributed by atoms with Crippen molar-refractivity contribution in [1.82, 2.24) is 0 Å². The van der Waals surface area contributed by atoms with E-state index in [1.165, 1.54) is 12.1 Å². The van der Waals surface area contributed by atoms with E-state index in [4.69, 9.17) is 11.5 Å². The Morgan fingerprint density at radius 1 is 0.778 bits per heavy atom. The number of carbonyl (C=O) groups excluding carboxylic acids is 2. The summed E-state index contributed by atoms with van der Waals surface area (Å²) in [5, 5.41) is 0. The van der Waals surface area contributed by atoms with Crippen molar-refractivity contribution in [3.8, 4) is 11.1 Å². The molecule has 5 heteroatoms. The van der Waals surface area contributed by atoms with Gasteiger partial charge in [0.1, 0.15) is 5.82 Å². The second kappa shape index (κ2) is 7.83. The van der Waals surface area contributed by atoms with E-state index >= 15 is 0 Å². The van der Waals surface area contributed by atoms with Gasteiger partial charge in [-0.05, 0) is 53.8 Å². The number of halogens is 1. The van der Waals surface area contributed by atoms with Crippen molar-refractivity contribution in [2.45, 2.75) is 12.8 Å². The average Bonchev–Trinajstić information content (AvgIpc) is 2.66. The molecule has 0 radical (unpaired) electrons. The van der Waals surface area contributed by atoms with Crippen LogP contribution in [0.15, 0.2) is 66.7 Å². The zero-order chi connectivity index (χ0) is 19.4. The molecule has 3 aromatic carbocycles. The second-order valence-electron chi connectivity index (χ2n) is 6.24.